The molecule has 1 rings (SSSR count). The van der Waals surface area contributed by atoms with Gasteiger partial charge in [-0.3, -0.25) is 0 Å². The molecule has 0 aliphatic carbocycles. The first-order valence-corrected chi connectivity index (χ1v) is 3.75. The van der Waals surface area contributed by atoms with Crippen molar-refractivity contribution in [1.82, 2.24) is 15.0 Å². The Hall–Kier alpha value is -1.10. The van der Waals surface area contributed by atoms with Crippen molar-refractivity contribution in [2.45, 2.75) is 19.9 Å². The van der Waals surface area contributed by atoms with Gasteiger partial charge in [0.05, 0.1) is 0 Å². The molecule has 0 atom stereocenters. The lowest BCUT2D eigenvalue weighted by molar-refractivity contribution is 0.0690. The minimum absolute atomic E-state index is 0.0121. The Balaban J connectivity index is 3.13. The minimum Gasteiger partial charge on any atom is -0.476 e. The molecule has 0 saturated carbocycles. The number of aromatic carboxylic acids is 1. The Kier molecular flexibility index (Phi) is 2.32. The van der Waals surface area contributed by atoms with Crippen LogP contribution in [0.1, 0.15) is 30.4 Å². The number of hydrogen-bond acceptors (Lipinski definition) is 3. The third-order valence-electron chi connectivity index (χ3n) is 1.33. The summed E-state index contributed by atoms with van der Waals surface area (Å²) in [6.45, 7) is 3.68. The van der Waals surface area contributed by atoms with Gasteiger partial charge >= 0.3 is 5.97 Å². The van der Waals surface area contributed by atoms with Gasteiger partial charge in [0.2, 0.25) is 5.69 Å². The van der Waals surface area contributed by atoms with Crippen molar-refractivity contribution in [2.24, 2.45) is 0 Å². The summed E-state index contributed by atoms with van der Waals surface area (Å²) in [7, 11) is 0. The molecule has 5 nitrogen and oxygen atoms in total. The Bertz CT molecular complexity index is 308. The maximum absolute atomic E-state index is 10.5. The van der Waals surface area contributed by atoms with Crippen molar-refractivity contribution in [3.05, 3.63) is 10.8 Å². The van der Waals surface area contributed by atoms with E-state index in [0.717, 1.165) is 0 Å². The lowest BCUT2D eigenvalue weighted by Gasteiger charge is -2.03. The smallest absolute Gasteiger partial charge is 0.359 e. The van der Waals surface area contributed by atoms with Crippen molar-refractivity contribution in [3.8, 4) is 0 Å². The van der Waals surface area contributed by atoms with Gasteiger partial charge in [-0.2, -0.15) is 0 Å². The van der Waals surface area contributed by atoms with Gasteiger partial charge in [0, 0.05) is 6.04 Å². The van der Waals surface area contributed by atoms with Gasteiger partial charge < -0.3 is 5.11 Å². The third-order valence-corrected chi connectivity index (χ3v) is 1.68. The Labute approximate surface area is 73.9 Å². The topological polar surface area (TPSA) is 68.0 Å². The highest BCUT2D eigenvalue weighted by Crippen LogP contribution is 2.16. The molecule has 0 amide bonds. The maximum Gasteiger partial charge on any atom is 0.359 e. The van der Waals surface area contributed by atoms with E-state index in [4.69, 9.17) is 16.7 Å². The molecule has 1 N–H and O–H groups in total. The van der Waals surface area contributed by atoms with E-state index in [1.165, 1.54) is 4.68 Å². The van der Waals surface area contributed by atoms with Crippen LogP contribution < -0.4 is 0 Å². The molecule has 66 valence electrons. The number of aromatic nitrogens is 3. The van der Waals surface area contributed by atoms with Gasteiger partial charge in [0.1, 0.15) is 0 Å². The van der Waals surface area contributed by atoms with Gasteiger partial charge in [-0.25, -0.2) is 9.48 Å². The maximum atomic E-state index is 10.5. The quantitative estimate of drug-likeness (QED) is 0.760. The molecule has 0 aromatic carbocycles. The number of carboxylic acid groups (broad SMARTS) is 1. The van der Waals surface area contributed by atoms with Gasteiger partial charge in [-0.1, -0.05) is 16.8 Å². The molecule has 6 heteroatoms. The summed E-state index contributed by atoms with van der Waals surface area (Å²) in [6, 6.07) is 0.0121. The van der Waals surface area contributed by atoms with E-state index in [2.05, 4.69) is 10.3 Å². The third kappa shape index (κ3) is 1.40. The van der Waals surface area contributed by atoms with Crippen LogP contribution in [0.25, 0.3) is 0 Å². The van der Waals surface area contributed by atoms with E-state index in [-0.39, 0.29) is 16.9 Å². The van der Waals surface area contributed by atoms with Crippen molar-refractivity contribution in [1.29, 1.82) is 0 Å². The van der Waals surface area contributed by atoms with E-state index < -0.39 is 5.97 Å². The highest BCUT2D eigenvalue weighted by atomic mass is 35.5. The average molecular weight is 190 g/mol. The highest BCUT2D eigenvalue weighted by molar-refractivity contribution is 6.32. The summed E-state index contributed by atoms with van der Waals surface area (Å²) < 4.78 is 1.35. The zero-order valence-corrected chi connectivity index (χ0v) is 7.41. The lowest BCUT2D eigenvalue weighted by Crippen LogP contribution is -2.03. The Morgan fingerprint density at radius 2 is 2.25 bits per heavy atom. The second kappa shape index (κ2) is 3.10. The summed E-state index contributed by atoms with van der Waals surface area (Å²) in [5, 5.41) is 15.6. The Morgan fingerprint density at radius 3 is 2.50 bits per heavy atom. The number of halogens is 1. The normalized spacial score (nSPS) is 10.7. The molecular formula is C6H8ClN3O2. The van der Waals surface area contributed by atoms with Crippen molar-refractivity contribution >= 4 is 17.6 Å². The van der Waals surface area contributed by atoms with Crippen LogP contribution in [-0.4, -0.2) is 26.1 Å². The molecule has 1 heterocycles. The monoisotopic (exact) mass is 189 g/mol. The molecule has 1 aromatic rings. The molecule has 0 aliphatic heterocycles. The number of nitrogens with zero attached hydrogens (tertiary/aromatic N) is 3. The Morgan fingerprint density at radius 1 is 1.67 bits per heavy atom. The fraction of sp³-hybridized carbons (Fsp3) is 0.500. The summed E-state index contributed by atoms with van der Waals surface area (Å²) in [5.74, 6) is -1.16. The molecular weight excluding hydrogens is 182 g/mol. The minimum atomic E-state index is -1.16. The molecule has 0 bridgehead atoms. The van der Waals surface area contributed by atoms with Crippen molar-refractivity contribution in [2.75, 3.05) is 0 Å². The molecule has 12 heavy (non-hydrogen) atoms. The van der Waals surface area contributed by atoms with Crippen LogP contribution in [0.4, 0.5) is 0 Å². The second-order valence-electron chi connectivity index (χ2n) is 2.57. The first kappa shape index (κ1) is 8.99. The first-order valence-electron chi connectivity index (χ1n) is 3.38. The molecule has 0 saturated heterocycles. The fourth-order valence-corrected chi connectivity index (χ4v) is 1.09. The summed E-state index contributed by atoms with van der Waals surface area (Å²) in [4.78, 5) is 10.5. The van der Waals surface area contributed by atoms with Gasteiger partial charge in [0.25, 0.3) is 0 Å². The number of carboxylic acids is 1. The SMILES string of the molecule is CC(C)n1nnc(C(=O)O)c1Cl. The van der Waals surface area contributed by atoms with Crippen LogP contribution in [0.15, 0.2) is 0 Å². The molecule has 1 aromatic heterocycles. The van der Waals surface area contributed by atoms with E-state index in [9.17, 15) is 4.79 Å². The van der Waals surface area contributed by atoms with Crippen LogP contribution >= 0.6 is 11.6 Å². The van der Waals surface area contributed by atoms with Gasteiger partial charge in [0.15, 0.2) is 5.15 Å². The van der Waals surface area contributed by atoms with Crippen LogP contribution in [-0.2, 0) is 0 Å². The van der Waals surface area contributed by atoms with Crippen molar-refractivity contribution in [3.63, 3.8) is 0 Å². The zero-order valence-electron chi connectivity index (χ0n) is 6.65. The number of carbonyl (C=O) groups is 1. The van der Waals surface area contributed by atoms with Crippen LogP contribution in [0, 0.1) is 0 Å². The van der Waals surface area contributed by atoms with Gasteiger partial charge in [-0.05, 0) is 13.8 Å². The fourth-order valence-electron chi connectivity index (χ4n) is 0.743. The van der Waals surface area contributed by atoms with E-state index >= 15 is 0 Å². The van der Waals surface area contributed by atoms with Crippen molar-refractivity contribution < 1.29 is 9.90 Å². The second-order valence-corrected chi connectivity index (χ2v) is 2.93. The zero-order chi connectivity index (χ0) is 9.30. The van der Waals surface area contributed by atoms with Crippen LogP contribution in [0.5, 0.6) is 0 Å². The molecule has 0 unspecified atom stereocenters. The first-order chi connectivity index (χ1) is 5.54. The average Bonchev–Trinajstić information content (AvgIpc) is 2.30. The number of hydrogen-bond donors (Lipinski definition) is 1. The predicted octanol–water partition coefficient (Wildman–Crippen LogP) is 1.21. The van der Waals surface area contributed by atoms with E-state index in [1.54, 1.807) is 0 Å². The standard InChI is InChI=1S/C6H8ClN3O2/c1-3(2)10-5(7)4(6(11)12)8-9-10/h3H,1-2H3,(H,11,12). The predicted molar refractivity (Wildman–Crippen MR) is 42.4 cm³/mol. The van der Waals surface area contributed by atoms with E-state index in [0.29, 0.717) is 0 Å². The van der Waals surface area contributed by atoms with Gasteiger partial charge in [-0.15, -0.1) is 5.10 Å². The van der Waals surface area contributed by atoms with Crippen LogP contribution in [0.2, 0.25) is 5.15 Å². The molecule has 0 fully saturated rings. The molecule has 0 aliphatic rings. The number of rotatable bonds is 2. The lowest BCUT2D eigenvalue weighted by atomic mass is 10.4. The molecule has 0 radical (unpaired) electrons. The summed E-state index contributed by atoms with van der Waals surface area (Å²) >= 11 is 5.67. The summed E-state index contributed by atoms with van der Waals surface area (Å²) in [5.41, 5.74) is -0.203. The highest BCUT2D eigenvalue weighted by Gasteiger charge is 2.17. The summed E-state index contributed by atoms with van der Waals surface area (Å²) in [6.07, 6.45) is 0. The van der Waals surface area contributed by atoms with Crippen LogP contribution in [0.3, 0.4) is 0 Å². The largest absolute Gasteiger partial charge is 0.476 e. The molecule has 0 spiro atoms. The van der Waals surface area contributed by atoms with E-state index in [1.807, 2.05) is 13.8 Å².